The lowest BCUT2D eigenvalue weighted by atomic mass is 9.84. The molecule has 0 unspecified atom stereocenters. The molecule has 8 heteroatoms. The number of aromatic amines is 1. The minimum atomic E-state index is -0.128. The van der Waals surface area contributed by atoms with E-state index in [1.54, 1.807) is 0 Å². The Balaban J connectivity index is 1.47. The minimum Gasteiger partial charge on any atom is -0.337 e. The predicted molar refractivity (Wildman–Crippen MR) is 111 cm³/mol. The fourth-order valence-electron chi connectivity index (χ4n) is 5.03. The number of H-pyrrole nitrogens is 1. The molecule has 2 aliphatic heterocycles. The molecule has 5 rings (SSSR count). The number of carbonyl (C=O) groups excluding carboxylic acids is 2. The van der Waals surface area contributed by atoms with Gasteiger partial charge in [0, 0.05) is 37.9 Å². The summed E-state index contributed by atoms with van der Waals surface area (Å²) >= 11 is 0. The van der Waals surface area contributed by atoms with E-state index in [-0.39, 0.29) is 29.3 Å². The number of hydrogen-bond acceptors (Lipinski definition) is 4. The summed E-state index contributed by atoms with van der Waals surface area (Å²) in [7, 11) is 0. The zero-order valence-corrected chi connectivity index (χ0v) is 17.5. The fraction of sp³-hybridized carbons (Fsp3) is 0.636. The number of aromatic nitrogens is 3. The van der Waals surface area contributed by atoms with Crippen LogP contribution in [0.1, 0.15) is 74.9 Å². The monoisotopic (exact) mass is 411 g/mol. The highest BCUT2D eigenvalue weighted by atomic mass is 16.2. The van der Waals surface area contributed by atoms with Gasteiger partial charge < -0.3 is 9.80 Å². The quantitative estimate of drug-likeness (QED) is 0.838. The molecular weight excluding hydrogens is 382 g/mol. The first-order valence-electron chi connectivity index (χ1n) is 11.3. The van der Waals surface area contributed by atoms with Gasteiger partial charge in [0.15, 0.2) is 5.65 Å². The average molecular weight is 412 g/mol. The van der Waals surface area contributed by atoms with Crippen LogP contribution in [-0.4, -0.2) is 49.3 Å². The van der Waals surface area contributed by atoms with Crippen molar-refractivity contribution in [3.8, 4) is 0 Å². The van der Waals surface area contributed by atoms with Crippen LogP contribution in [0.25, 0.3) is 5.65 Å². The second-order valence-corrected chi connectivity index (χ2v) is 8.84. The van der Waals surface area contributed by atoms with E-state index in [4.69, 9.17) is 4.98 Å². The highest BCUT2D eigenvalue weighted by molar-refractivity contribution is 5.80. The molecule has 0 spiro atoms. The van der Waals surface area contributed by atoms with Gasteiger partial charge in [-0.1, -0.05) is 13.3 Å². The van der Waals surface area contributed by atoms with Crippen molar-refractivity contribution in [1.29, 1.82) is 0 Å². The minimum absolute atomic E-state index is 0.0407. The summed E-state index contributed by atoms with van der Waals surface area (Å²) in [6.07, 6.45) is 7.11. The number of amides is 2. The fourth-order valence-corrected chi connectivity index (χ4v) is 5.03. The van der Waals surface area contributed by atoms with Gasteiger partial charge in [0.25, 0.3) is 5.56 Å². The number of rotatable bonds is 3. The van der Waals surface area contributed by atoms with Crippen molar-refractivity contribution in [2.45, 2.75) is 70.9 Å². The Morgan fingerprint density at radius 1 is 1.17 bits per heavy atom. The Labute approximate surface area is 175 Å². The lowest BCUT2D eigenvalue weighted by molar-refractivity contribution is -0.139. The highest BCUT2D eigenvalue weighted by Crippen LogP contribution is 2.32. The van der Waals surface area contributed by atoms with E-state index in [9.17, 15) is 14.4 Å². The molecule has 8 nitrogen and oxygen atoms in total. The van der Waals surface area contributed by atoms with Crippen LogP contribution in [0.5, 0.6) is 0 Å². The number of hydrogen-bond donors (Lipinski definition) is 1. The Kier molecular flexibility index (Phi) is 4.87. The van der Waals surface area contributed by atoms with Crippen molar-refractivity contribution in [3.05, 3.63) is 33.4 Å². The summed E-state index contributed by atoms with van der Waals surface area (Å²) in [5, 5.41) is 3.23. The van der Waals surface area contributed by atoms with Crippen LogP contribution in [0.3, 0.4) is 0 Å². The smallest absolute Gasteiger partial charge is 0.277 e. The lowest BCUT2D eigenvalue weighted by Gasteiger charge is -2.35. The van der Waals surface area contributed by atoms with Crippen molar-refractivity contribution in [3.63, 3.8) is 0 Å². The normalized spacial score (nSPS) is 22.1. The standard InChI is InChI=1S/C22H29N5O3/c1-2-20(28)26-10-4-3-8-18(26)17-12-19-23-16-9-11-25(21(29)14-6-5-7-14)13-15(16)22(30)27(19)24-17/h12,14,18,24H,2-11,13H2,1H3/t18-/m0/s1. The predicted octanol–water partition coefficient (Wildman–Crippen LogP) is 2.17. The number of nitrogens with zero attached hydrogens (tertiary/aromatic N) is 4. The third-order valence-corrected chi connectivity index (χ3v) is 7.03. The van der Waals surface area contributed by atoms with Crippen LogP contribution in [0.2, 0.25) is 0 Å². The van der Waals surface area contributed by atoms with Crippen LogP contribution in [-0.2, 0) is 22.6 Å². The van der Waals surface area contributed by atoms with Gasteiger partial charge in [-0.05, 0) is 32.1 Å². The van der Waals surface area contributed by atoms with E-state index in [2.05, 4.69) is 5.10 Å². The second-order valence-electron chi connectivity index (χ2n) is 8.84. The topological polar surface area (TPSA) is 90.8 Å². The van der Waals surface area contributed by atoms with Crippen molar-refractivity contribution in [2.24, 2.45) is 5.92 Å². The summed E-state index contributed by atoms with van der Waals surface area (Å²) in [4.78, 5) is 46.8. The summed E-state index contributed by atoms with van der Waals surface area (Å²) in [5.41, 5.74) is 2.75. The first-order chi connectivity index (χ1) is 14.6. The molecule has 1 N–H and O–H groups in total. The molecule has 4 heterocycles. The van der Waals surface area contributed by atoms with Crippen LogP contribution in [0.15, 0.2) is 10.9 Å². The lowest BCUT2D eigenvalue weighted by Crippen LogP contribution is -2.44. The molecule has 1 aliphatic carbocycles. The molecule has 30 heavy (non-hydrogen) atoms. The zero-order chi connectivity index (χ0) is 20.8. The molecule has 1 saturated heterocycles. The molecule has 1 saturated carbocycles. The third kappa shape index (κ3) is 3.13. The molecule has 2 amide bonds. The Morgan fingerprint density at radius 3 is 2.73 bits per heavy atom. The van der Waals surface area contributed by atoms with E-state index in [0.717, 1.165) is 56.5 Å². The molecule has 0 radical (unpaired) electrons. The van der Waals surface area contributed by atoms with E-state index in [1.807, 2.05) is 22.8 Å². The average Bonchev–Trinajstić information content (AvgIpc) is 3.16. The maximum atomic E-state index is 13.2. The van der Waals surface area contributed by atoms with Gasteiger partial charge in [0.1, 0.15) is 0 Å². The van der Waals surface area contributed by atoms with Gasteiger partial charge in [-0.3, -0.25) is 19.5 Å². The number of piperidine rings is 1. The molecule has 2 aromatic heterocycles. The first kappa shape index (κ1) is 19.3. The number of fused-ring (bicyclic) bond motifs is 2. The van der Waals surface area contributed by atoms with E-state index in [1.165, 1.54) is 4.52 Å². The highest BCUT2D eigenvalue weighted by Gasteiger charge is 2.33. The SMILES string of the molecule is CCC(=O)N1CCCC[C@H]1c1cc2nc3c(c(=O)n2[nH]1)CN(C(=O)C1CCC1)CC3. The van der Waals surface area contributed by atoms with Gasteiger partial charge in [-0.2, -0.15) is 0 Å². The molecule has 3 aliphatic rings. The van der Waals surface area contributed by atoms with Crippen molar-refractivity contribution in [1.82, 2.24) is 24.4 Å². The second kappa shape index (κ2) is 7.56. The van der Waals surface area contributed by atoms with E-state index in [0.29, 0.717) is 37.1 Å². The Bertz CT molecular complexity index is 1050. The van der Waals surface area contributed by atoms with Gasteiger partial charge in [-0.15, -0.1) is 0 Å². The van der Waals surface area contributed by atoms with Crippen molar-refractivity contribution in [2.75, 3.05) is 13.1 Å². The molecule has 2 fully saturated rings. The van der Waals surface area contributed by atoms with Crippen LogP contribution in [0, 0.1) is 5.92 Å². The Hall–Kier alpha value is -2.64. The van der Waals surface area contributed by atoms with Crippen LogP contribution < -0.4 is 5.56 Å². The summed E-state index contributed by atoms with van der Waals surface area (Å²) in [5.74, 6) is 0.457. The molecule has 1 atom stereocenters. The summed E-state index contributed by atoms with van der Waals surface area (Å²) in [6.45, 7) is 3.61. The van der Waals surface area contributed by atoms with Crippen molar-refractivity contribution < 1.29 is 9.59 Å². The number of carbonyl (C=O) groups is 2. The maximum absolute atomic E-state index is 13.2. The van der Waals surface area contributed by atoms with Crippen molar-refractivity contribution >= 4 is 17.5 Å². The maximum Gasteiger partial charge on any atom is 0.277 e. The van der Waals surface area contributed by atoms with Gasteiger partial charge >= 0.3 is 0 Å². The van der Waals surface area contributed by atoms with Gasteiger partial charge in [0.2, 0.25) is 11.8 Å². The Morgan fingerprint density at radius 2 is 2.00 bits per heavy atom. The number of likely N-dealkylation sites (tertiary alicyclic amines) is 1. The first-order valence-corrected chi connectivity index (χ1v) is 11.3. The van der Waals surface area contributed by atoms with Crippen LogP contribution in [0.4, 0.5) is 0 Å². The molecule has 160 valence electrons. The van der Waals surface area contributed by atoms with Crippen LogP contribution >= 0.6 is 0 Å². The molecule has 0 bridgehead atoms. The third-order valence-electron chi connectivity index (χ3n) is 7.03. The zero-order valence-electron chi connectivity index (χ0n) is 17.5. The molecular formula is C22H29N5O3. The molecule has 0 aromatic carbocycles. The van der Waals surface area contributed by atoms with E-state index >= 15 is 0 Å². The van der Waals surface area contributed by atoms with Gasteiger partial charge in [0.05, 0.1) is 29.5 Å². The summed E-state index contributed by atoms with van der Waals surface area (Å²) in [6, 6.07) is 1.88. The van der Waals surface area contributed by atoms with E-state index < -0.39 is 0 Å². The number of nitrogens with one attached hydrogen (secondary N) is 1. The summed E-state index contributed by atoms with van der Waals surface area (Å²) < 4.78 is 1.49. The largest absolute Gasteiger partial charge is 0.337 e. The molecule has 2 aromatic rings. The van der Waals surface area contributed by atoms with Gasteiger partial charge in [-0.25, -0.2) is 9.50 Å².